The summed E-state index contributed by atoms with van der Waals surface area (Å²) < 4.78 is 1.11. The average molecular weight is 407 g/mol. The lowest BCUT2D eigenvalue weighted by atomic mass is 10.1. The number of amides is 1. The maximum absolute atomic E-state index is 12.1. The standard InChI is InChI=1S/C19H27BrN4O/c1-12(2)18(25)24-9-8-15(11-24)22-19(21-3)23-17-10-16(17)13-4-6-14(20)7-5-13/h4-7,12,15-17H,8-11H2,1-3H3,(H2,21,22,23). The molecule has 0 aromatic heterocycles. The molecule has 1 saturated heterocycles. The Bertz CT molecular complexity index is 643. The molecule has 3 atom stereocenters. The molecular formula is C19H27BrN4O. The largest absolute Gasteiger partial charge is 0.353 e. The van der Waals surface area contributed by atoms with Crippen molar-refractivity contribution >= 4 is 27.8 Å². The van der Waals surface area contributed by atoms with E-state index in [1.54, 1.807) is 7.05 Å². The molecule has 5 nitrogen and oxygen atoms in total. The first-order chi connectivity index (χ1) is 12.0. The van der Waals surface area contributed by atoms with Gasteiger partial charge in [-0.3, -0.25) is 9.79 Å². The monoisotopic (exact) mass is 406 g/mol. The summed E-state index contributed by atoms with van der Waals surface area (Å²) in [5.74, 6) is 1.70. The first kappa shape index (κ1) is 18.2. The van der Waals surface area contributed by atoms with Gasteiger partial charge < -0.3 is 15.5 Å². The van der Waals surface area contributed by atoms with Gasteiger partial charge in [0.05, 0.1) is 0 Å². The SMILES string of the molecule is CN=C(NC1CCN(C(=O)C(C)C)C1)NC1CC1c1ccc(Br)cc1. The Labute approximate surface area is 158 Å². The number of hydrogen-bond donors (Lipinski definition) is 2. The van der Waals surface area contributed by atoms with Crippen LogP contribution in [0.1, 0.15) is 38.2 Å². The van der Waals surface area contributed by atoms with Crippen LogP contribution in [0, 0.1) is 5.92 Å². The van der Waals surface area contributed by atoms with E-state index >= 15 is 0 Å². The van der Waals surface area contributed by atoms with E-state index < -0.39 is 0 Å². The second-order valence-corrected chi connectivity index (χ2v) is 8.20. The second kappa shape index (κ2) is 7.77. The van der Waals surface area contributed by atoms with Crippen molar-refractivity contribution in [1.29, 1.82) is 0 Å². The molecule has 1 aliphatic carbocycles. The molecule has 2 aliphatic rings. The zero-order valence-corrected chi connectivity index (χ0v) is 16.7. The van der Waals surface area contributed by atoms with E-state index in [-0.39, 0.29) is 17.9 Å². The van der Waals surface area contributed by atoms with Gasteiger partial charge in [-0.2, -0.15) is 0 Å². The molecule has 2 fully saturated rings. The molecule has 0 radical (unpaired) electrons. The highest BCUT2D eigenvalue weighted by atomic mass is 79.9. The number of rotatable bonds is 4. The third kappa shape index (κ3) is 4.54. The smallest absolute Gasteiger partial charge is 0.225 e. The molecular weight excluding hydrogens is 380 g/mol. The van der Waals surface area contributed by atoms with Gasteiger partial charge in [0.15, 0.2) is 5.96 Å². The Kier molecular flexibility index (Phi) is 5.67. The fourth-order valence-electron chi connectivity index (χ4n) is 3.42. The van der Waals surface area contributed by atoms with Crippen LogP contribution in [-0.2, 0) is 4.79 Å². The van der Waals surface area contributed by atoms with Gasteiger partial charge in [-0.1, -0.05) is 41.9 Å². The van der Waals surface area contributed by atoms with Crippen molar-refractivity contribution < 1.29 is 4.79 Å². The van der Waals surface area contributed by atoms with Crippen LogP contribution in [0.15, 0.2) is 33.7 Å². The van der Waals surface area contributed by atoms with E-state index in [2.05, 4.69) is 55.8 Å². The number of hydrogen-bond acceptors (Lipinski definition) is 2. The molecule has 0 bridgehead atoms. The highest BCUT2D eigenvalue weighted by molar-refractivity contribution is 9.10. The van der Waals surface area contributed by atoms with Crippen molar-refractivity contribution in [3.05, 3.63) is 34.3 Å². The van der Waals surface area contributed by atoms with Crippen LogP contribution in [0.2, 0.25) is 0 Å². The van der Waals surface area contributed by atoms with E-state index in [1.165, 1.54) is 5.56 Å². The maximum atomic E-state index is 12.1. The minimum atomic E-state index is 0.0642. The average Bonchev–Trinajstić information content (AvgIpc) is 3.20. The lowest BCUT2D eigenvalue weighted by Crippen LogP contribution is -2.46. The Balaban J connectivity index is 1.48. The third-order valence-corrected chi connectivity index (χ3v) is 5.50. The van der Waals surface area contributed by atoms with Crippen LogP contribution in [0.4, 0.5) is 0 Å². The van der Waals surface area contributed by atoms with Crippen LogP contribution >= 0.6 is 15.9 Å². The topological polar surface area (TPSA) is 56.7 Å². The number of nitrogens with one attached hydrogen (secondary N) is 2. The molecule has 25 heavy (non-hydrogen) atoms. The predicted octanol–water partition coefficient (Wildman–Crippen LogP) is 2.73. The molecule has 1 aromatic carbocycles. The maximum Gasteiger partial charge on any atom is 0.225 e. The number of benzene rings is 1. The highest BCUT2D eigenvalue weighted by Crippen LogP contribution is 2.41. The number of guanidine groups is 1. The zero-order chi connectivity index (χ0) is 18.0. The van der Waals surface area contributed by atoms with Crippen LogP contribution in [0.25, 0.3) is 0 Å². The minimum Gasteiger partial charge on any atom is -0.353 e. The molecule has 0 spiro atoms. The van der Waals surface area contributed by atoms with Gasteiger partial charge in [-0.15, -0.1) is 0 Å². The summed E-state index contributed by atoms with van der Waals surface area (Å²) in [4.78, 5) is 18.4. The normalized spacial score (nSPS) is 26.0. The van der Waals surface area contributed by atoms with Crippen LogP contribution < -0.4 is 10.6 Å². The van der Waals surface area contributed by atoms with Crippen LogP contribution in [0.5, 0.6) is 0 Å². The molecule has 1 heterocycles. The predicted molar refractivity (Wildman–Crippen MR) is 105 cm³/mol. The first-order valence-electron chi connectivity index (χ1n) is 9.02. The molecule has 6 heteroatoms. The lowest BCUT2D eigenvalue weighted by molar-refractivity contribution is -0.133. The molecule has 3 unspecified atom stereocenters. The molecule has 1 aliphatic heterocycles. The van der Waals surface area contributed by atoms with Gasteiger partial charge in [-0.25, -0.2) is 0 Å². The lowest BCUT2D eigenvalue weighted by Gasteiger charge is -2.20. The minimum absolute atomic E-state index is 0.0642. The Morgan fingerprint density at radius 3 is 2.64 bits per heavy atom. The fourth-order valence-corrected chi connectivity index (χ4v) is 3.68. The number of carbonyl (C=O) groups is 1. The van der Waals surface area contributed by atoms with Crippen molar-refractivity contribution in [1.82, 2.24) is 15.5 Å². The molecule has 1 aromatic rings. The molecule has 2 N–H and O–H groups in total. The van der Waals surface area contributed by atoms with Gasteiger partial charge in [0.1, 0.15) is 0 Å². The van der Waals surface area contributed by atoms with Crippen molar-refractivity contribution in [2.24, 2.45) is 10.9 Å². The van der Waals surface area contributed by atoms with Gasteiger partial charge >= 0.3 is 0 Å². The van der Waals surface area contributed by atoms with Crippen molar-refractivity contribution in [3.63, 3.8) is 0 Å². The number of halogens is 1. The summed E-state index contributed by atoms with van der Waals surface area (Å²) in [5, 5.41) is 7.00. The fraction of sp³-hybridized carbons (Fsp3) is 0.579. The van der Waals surface area contributed by atoms with Crippen LogP contribution in [0.3, 0.4) is 0 Å². The van der Waals surface area contributed by atoms with Gasteiger partial charge in [0, 0.05) is 48.5 Å². The van der Waals surface area contributed by atoms with Crippen molar-refractivity contribution in [2.75, 3.05) is 20.1 Å². The first-order valence-corrected chi connectivity index (χ1v) is 9.81. The van der Waals surface area contributed by atoms with Gasteiger partial charge in [-0.05, 0) is 30.5 Å². The van der Waals surface area contributed by atoms with E-state index in [0.717, 1.165) is 36.4 Å². The Hall–Kier alpha value is -1.56. The molecule has 3 rings (SSSR count). The van der Waals surface area contributed by atoms with E-state index in [9.17, 15) is 4.79 Å². The number of carbonyl (C=O) groups excluding carboxylic acids is 1. The van der Waals surface area contributed by atoms with E-state index in [4.69, 9.17) is 0 Å². The van der Waals surface area contributed by atoms with Crippen molar-refractivity contribution in [3.8, 4) is 0 Å². The van der Waals surface area contributed by atoms with Crippen molar-refractivity contribution in [2.45, 2.75) is 44.7 Å². The number of aliphatic imine (C=N–C) groups is 1. The molecule has 1 saturated carbocycles. The summed E-state index contributed by atoms with van der Waals surface area (Å²) in [5.41, 5.74) is 1.37. The van der Waals surface area contributed by atoms with E-state index in [1.807, 2.05) is 18.7 Å². The van der Waals surface area contributed by atoms with Gasteiger partial charge in [0.25, 0.3) is 0 Å². The quantitative estimate of drug-likeness (QED) is 0.596. The Morgan fingerprint density at radius 1 is 1.28 bits per heavy atom. The Morgan fingerprint density at radius 2 is 2.00 bits per heavy atom. The number of likely N-dealkylation sites (tertiary alicyclic amines) is 1. The summed E-state index contributed by atoms with van der Waals surface area (Å²) in [6, 6.07) is 9.26. The summed E-state index contributed by atoms with van der Waals surface area (Å²) in [7, 11) is 1.80. The van der Waals surface area contributed by atoms with Crippen LogP contribution in [-0.4, -0.2) is 49.0 Å². The molecule has 1 amide bonds. The number of nitrogens with zero attached hydrogens (tertiary/aromatic N) is 2. The van der Waals surface area contributed by atoms with E-state index in [0.29, 0.717) is 12.0 Å². The highest BCUT2D eigenvalue weighted by Gasteiger charge is 2.39. The summed E-state index contributed by atoms with van der Waals surface area (Å²) >= 11 is 3.48. The summed E-state index contributed by atoms with van der Waals surface area (Å²) in [6.45, 7) is 5.51. The zero-order valence-electron chi connectivity index (χ0n) is 15.1. The van der Waals surface area contributed by atoms with Gasteiger partial charge in [0.2, 0.25) is 5.91 Å². The third-order valence-electron chi connectivity index (χ3n) is 4.97. The summed E-state index contributed by atoms with van der Waals surface area (Å²) in [6.07, 6.45) is 2.10. The molecule has 136 valence electrons. The second-order valence-electron chi connectivity index (χ2n) is 7.29.